The Hall–Kier alpha value is -2.08. The van der Waals surface area contributed by atoms with E-state index in [-0.39, 0.29) is 18.5 Å². The van der Waals surface area contributed by atoms with E-state index in [4.69, 9.17) is 4.74 Å². The normalized spacial score (nSPS) is 10.3. The lowest BCUT2D eigenvalue weighted by atomic mass is 10.1. The van der Waals surface area contributed by atoms with Gasteiger partial charge in [0, 0.05) is 43.9 Å². The highest BCUT2D eigenvalue weighted by Crippen LogP contribution is 2.17. The fourth-order valence-corrected chi connectivity index (χ4v) is 1.74. The van der Waals surface area contributed by atoms with Crippen molar-refractivity contribution in [3.05, 3.63) is 29.3 Å². The number of amides is 1. The zero-order valence-electron chi connectivity index (χ0n) is 13.0. The lowest BCUT2D eigenvalue weighted by molar-refractivity contribution is -0.142. The number of esters is 1. The Kier molecular flexibility index (Phi) is 6.68. The SMILES string of the molecule is CNc1ccc(COC(C)=O)c(C(=O)NCCN(C)C)c1. The molecule has 116 valence electrons. The fourth-order valence-electron chi connectivity index (χ4n) is 1.74. The van der Waals surface area contributed by atoms with Crippen molar-refractivity contribution in [2.45, 2.75) is 13.5 Å². The van der Waals surface area contributed by atoms with Crippen LogP contribution in [0, 0.1) is 0 Å². The molecule has 21 heavy (non-hydrogen) atoms. The molecular weight excluding hydrogens is 270 g/mol. The first kappa shape index (κ1) is 17.0. The highest BCUT2D eigenvalue weighted by molar-refractivity contribution is 5.96. The molecule has 1 aromatic carbocycles. The first-order chi connectivity index (χ1) is 9.93. The van der Waals surface area contributed by atoms with Gasteiger partial charge in [0.2, 0.25) is 0 Å². The van der Waals surface area contributed by atoms with Crippen LogP contribution in [0.4, 0.5) is 5.69 Å². The van der Waals surface area contributed by atoms with Crippen LogP contribution in [0.2, 0.25) is 0 Å². The van der Waals surface area contributed by atoms with Gasteiger partial charge in [-0.25, -0.2) is 0 Å². The molecule has 0 saturated heterocycles. The number of carbonyl (C=O) groups excluding carboxylic acids is 2. The number of nitrogens with one attached hydrogen (secondary N) is 2. The molecule has 1 amide bonds. The highest BCUT2D eigenvalue weighted by Gasteiger charge is 2.13. The van der Waals surface area contributed by atoms with Crippen LogP contribution >= 0.6 is 0 Å². The Balaban J connectivity index is 2.84. The van der Waals surface area contributed by atoms with Gasteiger partial charge in [-0.2, -0.15) is 0 Å². The zero-order valence-corrected chi connectivity index (χ0v) is 13.0. The number of ether oxygens (including phenoxy) is 1. The van der Waals surface area contributed by atoms with Gasteiger partial charge in [-0.1, -0.05) is 6.07 Å². The van der Waals surface area contributed by atoms with Crippen LogP contribution in [-0.4, -0.2) is 51.0 Å². The number of hydrogen-bond acceptors (Lipinski definition) is 5. The third-order valence-electron chi connectivity index (χ3n) is 2.92. The predicted molar refractivity (Wildman–Crippen MR) is 82.3 cm³/mol. The maximum Gasteiger partial charge on any atom is 0.302 e. The predicted octanol–water partition coefficient (Wildman–Crippen LogP) is 1.08. The van der Waals surface area contributed by atoms with Gasteiger partial charge in [0.05, 0.1) is 0 Å². The van der Waals surface area contributed by atoms with Crippen molar-refractivity contribution < 1.29 is 14.3 Å². The monoisotopic (exact) mass is 293 g/mol. The molecule has 0 aliphatic heterocycles. The molecule has 0 spiro atoms. The molecule has 0 unspecified atom stereocenters. The van der Waals surface area contributed by atoms with Crippen molar-refractivity contribution in [3.8, 4) is 0 Å². The van der Waals surface area contributed by atoms with Crippen LogP contribution in [0.1, 0.15) is 22.8 Å². The Bertz CT molecular complexity index is 501. The molecule has 0 radical (unpaired) electrons. The first-order valence-corrected chi connectivity index (χ1v) is 6.81. The Morgan fingerprint density at radius 3 is 2.57 bits per heavy atom. The zero-order chi connectivity index (χ0) is 15.8. The minimum absolute atomic E-state index is 0.0930. The molecule has 0 aromatic heterocycles. The Labute approximate surface area is 125 Å². The molecule has 6 nitrogen and oxygen atoms in total. The largest absolute Gasteiger partial charge is 0.461 e. The summed E-state index contributed by atoms with van der Waals surface area (Å²) in [6.07, 6.45) is 0. The van der Waals surface area contributed by atoms with Gasteiger partial charge in [-0.15, -0.1) is 0 Å². The van der Waals surface area contributed by atoms with E-state index in [9.17, 15) is 9.59 Å². The Morgan fingerprint density at radius 1 is 1.29 bits per heavy atom. The lowest BCUT2D eigenvalue weighted by Crippen LogP contribution is -2.32. The maximum atomic E-state index is 12.3. The van der Waals surface area contributed by atoms with E-state index in [1.54, 1.807) is 19.2 Å². The number of rotatable bonds is 7. The first-order valence-electron chi connectivity index (χ1n) is 6.81. The molecule has 0 heterocycles. The number of anilines is 1. The van der Waals surface area contributed by atoms with Gasteiger partial charge in [-0.3, -0.25) is 9.59 Å². The average Bonchev–Trinajstić information content (AvgIpc) is 2.44. The van der Waals surface area contributed by atoms with E-state index in [1.807, 2.05) is 25.1 Å². The second-order valence-corrected chi connectivity index (χ2v) is 4.96. The van der Waals surface area contributed by atoms with Gasteiger partial charge < -0.3 is 20.3 Å². The minimum Gasteiger partial charge on any atom is -0.461 e. The van der Waals surface area contributed by atoms with Gasteiger partial charge >= 0.3 is 5.97 Å². The smallest absolute Gasteiger partial charge is 0.302 e. The molecular formula is C15H23N3O3. The summed E-state index contributed by atoms with van der Waals surface area (Å²) in [6, 6.07) is 5.38. The molecule has 0 aliphatic carbocycles. The van der Waals surface area contributed by atoms with Crippen LogP contribution in [0.15, 0.2) is 18.2 Å². The summed E-state index contributed by atoms with van der Waals surface area (Å²) in [5, 5.41) is 5.85. The van der Waals surface area contributed by atoms with Crippen molar-refractivity contribution in [1.82, 2.24) is 10.2 Å². The van der Waals surface area contributed by atoms with Crippen molar-refractivity contribution in [2.75, 3.05) is 39.5 Å². The second kappa shape index (κ2) is 8.26. The molecule has 2 N–H and O–H groups in total. The van der Waals surface area contributed by atoms with Gasteiger partial charge in [0.25, 0.3) is 5.91 Å². The van der Waals surface area contributed by atoms with E-state index in [0.29, 0.717) is 17.7 Å². The van der Waals surface area contributed by atoms with E-state index >= 15 is 0 Å². The van der Waals surface area contributed by atoms with Crippen LogP contribution in [0.5, 0.6) is 0 Å². The summed E-state index contributed by atoms with van der Waals surface area (Å²) in [5.41, 5.74) is 2.03. The van der Waals surface area contributed by atoms with Crippen LogP contribution in [0.3, 0.4) is 0 Å². The van der Waals surface area contributed by atoms with E-state index in [0.717, 1.165) is 12.2 Å². The third kappa shape index (κ3) is 5.83. The maximum absolute atomic E-state index is 12.3. The van der Waals surface area contributed by atoms with Gasteiger partial charge in [0.15, 0.2) is 0 Å². The lowest BCUT2D eigenvalue weighted by Gasteiger charge is -2.14. The van der Waals surface area contributed by atoms with Gasteiger partial charge in [0.1, 0.15) is 6.61 Å². The van der Waals surface area contributed by atoms with Crippen LogP contribution in [0.25, 0.3) is 0 Å². The minimum atomic E-state index is -0.369. The number of benzene rings is 1. The van der Waals surface area contributed by atoms with Crippen molar-refractivity contribution in [3.63, 3.8) is 0 Å². The molecule has 1 aromatic rings. The molecule has 0 atom stereocenters. The van der Waals surface area contributed by atoms with Crippen molar-refractivity contribution in [2.24, 2.45) is 0 Å². The molecule has 1 rings (SSSR count). The Morgan fingerprint density at radius 2 is 2.00 bits per heavy atom. The summed E-state index contributed by atoms with van der Waals surface area (Å²) >= 11 is 0. The summed E-state index contributed by atoms with van der Waals surface area (Å²) in [7, 11) is 5.68. The second-order valence-electron chi connectivity index (χ2n) is 4.96. The molecule has 0 bridgehead atoms. The number of hydrogen-bond donors (Lipinski definition) is 2. The third-order valence-corrected chi connectivity index (χ3v) is 2.92. The summed E-state index contributed by atoms with van der Waals surface area (Å²) in [4.78, 5) is 25.2. The summed E-state index contributed by atoms with van der Waals surface area (Å²) in [5.74, 6) is -0.539. The molecule has 0 aliphatic rings. The van der Waals surface area contributed by atoms with Gasteiger partial charge in [-0.05, 0) is 26.2 Å². The fraction of sp³-hybridized carbons (Fsp3) is 0.467. The quantitative estimate of drug-likeness (QED) is 0.736. The molecule has 0 saturated carbocycles. The molecule has 6 heteroatoms. The van der Waals surface area contributed by atoms with Crippen LogP contribution in [-0.2, 0) is 16.1 Å². The van der Waals surface area contributed by atoms with E-state index in [2.05, 4.69) is 10.6 Å². The van der Waals surface area contributed by atoms with Crippen molar-refractivity contribution >= 4 is 17.6 Å². The summed E-state index contributed by atoms with van der Waals surface area (Å²) in [6.45, 7) is 2.76. The average molecular weight is 293 g/mol. The number of likely N-dealkylation sites (N-methyl/N-ethyl adjacent to an activating group) is 1. The molecule has 0 fully saturated rings. The number of nitrogens with zero attached hydrogens (tertiary/aromatic N) is 1. The van der Waals surface area contributed by atoms with Crippen molar-refractivity contribution in [1.29, 1.82) is 0 Å². The number of carbonyl (C=O) groups is 2. The topological polar surface area (TPSA) is 70.7 Å². The standard InChI is InChI=1S/C15H23N3O3/c1-11(19)21-10-12-5-6-13(16-2)9-14(12)15(20)17-7-8-18(3)4/h5-6,9,16H,7-8,10H2,1-4H3,(H,17,20). The summed E-state index contributed by atoms with van der Waals surface area (Å²) < 4.78 is 4.99. The van der Waals surface area contributed by atoms with E-state index < -0.39 is 0 Å². The van der Waals surface area contributed by atoms with Crippen LogP contribution < -0.4 is 10.6 Å². The highest BCUT2D eigenvalue weighted by atomic mass is 16.5. The van der Waals surface area contributed by atoms with E-state index in [1.165, 1.54) is 6.92 Å².